The van der Waals surface area contributed by atoms with Crippen molar-refractivity contribution >= 4 is 11.8 Å². The maximum Gasteiger partial charge on any atom is 0.324 e. The molecule has 2 heterocycles. The van der Waals surface area contributed by atoms with E-state index in [1.54, 1.807) is 54.7 Å². The van der Waals surface area contributed by atoms with Crippen LogP contribution in [0.5, 0.6) is 5.75 Å². The van der Waals surface area contributed by atoms with Gasteiger partial charge in [0.25, 0.3) is 0 Å². The summed E-state index contributed by atoms with van der Waals surface area (Å²) in [6, 6.07) is 13.1. The van der Waals surface area contributed by atoms with Crippen molar-refractivity contribution in [3.05, 3.63) is 102 Å². The van der Waals surface area contributed by atoms with E-state index >= 15 is 0 Å². The zero-order valence-corrected chi connectivity index (χ0v) is 23.3. The molecule has 0 aliphatic heterocycles. The predicted octanol–water partition coefficient (Wildman–Crippen LogP) is 5.48. The molecule has 0 spiro atoms. The second-order valence-corrected chi connectivity index (χ2v) is 9.72. The molecule has 0 bridgehead atoms. The predicted molar refractivity (Wildman–Crippen MR) is 155 cm³/mol. The lowest BCUT2D eigenvalue weighted by Gasteiger charge is -2.14. The van der Waals surface area contributed by atoms with Gasteiger partial charge in [0.1, 0.15) is 17.3 Å². The van der Waals surface area contributed by atoms with Crippen LogP contribution in [0.1, 0.15) is 39.0 Å². The number of ether oxygens (including phenoxy) is 2. The van der Waals surface area contributed by atoms with Gasteiger partial charge in [0.05, 0.1) is 18.0 Å². The van der Waals surface area contributed by atoms with Gasteiger partial charge >= 0.3 is 6.03 Å². The fraction of sp³-hybridized carbons (Fsp3) is 0.300. The van der Waals surface area contributed by atoms with Gasteiger partial charge in [-0.05, 0) is 55.0 Å². The summed E-state index contributed by atoms with van der Waals surface area (Å²) in [4.78, 5) is 16.7. The van der Waals surface area contributed by atoms with E-state index < -0.39 is 0 Å². The Labute approximate surface area is 230 Å². The first kappa shape index (κ1) is 29.3. The van der Waals surface area contributed by atoms with Gasteiger partial charge in [0, 0.05) is 50.3 Å². The Morgan fingerprint density at radius 3 is 2.51 bits per heavy atom. The molecule has 3 aromatic rings. The third kappa shape index (κ3) is 9.55. The highest BCUT2D eigenvalue weighted by Gasteiger charge is 2.21. The number of urea groups is 1. The molecule has 0 aliphatic carbocycles. The number of amides is 2. The molecule has 39 heavy (non-hydrogen) atoms. The van der Waals surface area contributed by atoms with Crippen LogP contribution in [-0.2, 0) is 16.7 Å². The Bertz CT molecular complexity index is 1270. The largest absolute Gasteiger partial charge is 0.457 e. The summed E-state index contributed by atoms with van der Waals surface area (Å²) in [5, 5.41) is 13.8. The highest BCUT2D eigenvalue weighted by Crippen LogP contribution is 2.26. The van der Waals surface area contributed by atoms with Crippen molar-refractivity contribution in [2.45, 2.75) is 39.7 Å². The summed E-state index contributed by atoms with van der Waals surface area (Å²) in [5.74, 6) is 1.86. The zero-order valence-electron chi connectivity index (χ0n) is 23.3. The number of nitrogens with zero attached hydrogens (tertiary/aromatic N) is 3. The smallest absolute Gasteiger partial charge is 0.324 e. The molecule has 2 aromatic heterocycles. The molecule has 206 valence electrons. The summed E-state index contributed by atoms with van der Waals surface area (Å²) >= 11 is 0. The molecule has 9 nitrogen and oxygen atoms in total. The summed E-state index contributed by atoms with van der Waals surface area (Å²) in [7, 11) is 1.69. The van der Waals surface area contributed by atoms with E-state index in [0.29, 0.717) is 23.9 Å². The molecular formula is C30H38N6O3. The van der Waals surface area contributed by atoms with Crippen LogP contribution in [0.15, 0.2) is 91.1 Å². The monoisotopic (exact) mass is 530 g/mol. The third-order valence-electron chi connectivity index (χ3n) is 5.50. The molecular weight excluding hydrogens is 492 g/mol. The van der Waals surface area contributed by atoms with Gasteiger partial charge in [-0.3, -0.25) is 10.3 Å². The summed E-state index contributed by atoms with van der Waals surface area (Å²) in [6.45, 7) is 10.4. The zero-order chi connectivity index (χ0) is 28.1. The molecule has 0 atom stereocenters. The van der Waals surface area contributed by atoms with Gasteiger partial charge in [-0.2, -0.15) is 5.10 Å². The van der Waals surface area contributed by atoms with Gasteiger partial charge in [-0.15, -0.1) is 0 Å². The first-order valence-electron chi connectivity index (χ1n) is 12.8. The molecule has 9 heteroatoms. The second-order valence-electron chi connectivity index (χ2n) is 9.72. The minimum Gasteiger partial charge on any atom is -0.457 e. The van der Waals surface area contributed by atoms with E-state index in [1.807, 2.05) is 49.4 Å². The Hall–Kier alpha value is -4.21. The quantitative estimate of drug-likeness (QED) is 0.163. The number of nitrogens with one attached hydrogen (secondary N) is 3. The van der Waals surface area contributed by atoms with Crippen molar-refractivity contribution in [1.29, 1.82) is 0 Å². The number of anilines is 1. The van der Waals surface area contributed by atoms with Crippen molar-refractivity contribution in [1.82, 2.24) is 25.4 Å². The fourth-order valence-electron chi connectivity index (χ4n) is 3.44. The van der Waals surface area contributed by atoms with Crippen molar-refractivity contribution in [3.8, 4) is 11.4 Å². The minimum atomic E-state index is -0.386. The Morgan fingerprint density at radius 2 is 1.85 bits per heavy atom. The lowest BCUT2D eigenvalue weighted by Crippen LogP contribution is -2.25. The van der Waals surface area contributed by atoms with Gasteiger partial charge in [-0.25, -0.2) is 9.48 Å². The number of carbonyl (C=O) groups excluding carboxylic acids is 1. The second kappa shape index (κ2) is 14.7. The van der Waals surface area contributed by atoms with Crippen molar-refractivity contribution < 1.29 is 14.3 Å². The molecule has 0 saturated carbocycles. The summed E-state index contributed by atoms with van der Waals surface area (Å²) < 4.78 is 12.7. The fourth-order valence-corrected chi connectivity index (χ4v) is 3.44. The van der Waals surface area contributed by atoms with E-state index in [1.165, 1.54) is 0 Å². The number of methoxy groups -OCH3 is 1. The standard InChI is InChI=1S/C30H38N6O3/c1-6-8-25(39-26-14-17-31-18-15-26)9-7-16-33-29(37)34-28-21-27(30(2,3)4)35-36(28)24-12-10-23(11-13-24)22-32-19-20-38-5/h6-18,21,32H,19-20,22H2,1-5H3,(H2,33,34,37)/b8-6-,16-7+,25-9+. The number of hydrogen-bond acceptors (Lipinski definition) is 6. The molecule has 0 radical (unpaired) electrons. The molecule has 3 rings (SSSR count). The van der Waals surface area contributed by atoms with Gasteiger partial charge in [0.2, 0.25) is 0 Å². The van der Waals surface area contributed by atoms with Gasteiger partial charge in [0.15, 0.2) is 0 Å². The van der Waals surface area contributed by atoms with E-state index in [4.69, 9.17) is 14.6 Å². The first-order chi connectivity index (χ1) is 18.8. The van der Waals surface area contributed by atoms with Crippen LogP contribution >= 0.6 is 0 Å². The minimum absolute atomic E-state index is 0.188. The molecule has 0 aliphatic rings. The Morgan fingerprint density at radius 1 is 1.10 bits per heavy atom. The number of allylic oxidation sites excluding steroid dienone is 4. The highest BCUT2D eigenvalue weighted by molar-refractivity contribution is 5.89. The van der Waals surface area contributed by atoms with Crippen molar-refractivity contribution in [2.75, 3.05) is 25.6 Å². The molecule has 0 saturated heterocycles. The van der Waals surface area contributed by atoms with E-state index in [2.05, 4.69) is 41.7 Å². The molecule has 3 N–H and O–H groups in total. The SMILES string of the molecule is C\C=C/C(=C\C=C\NC(=O)Nc1cc(C(C)(C)C)nn1-c1ccc(CNCCOC)cc1)Oc1ccncc1. The molecule has 2 amide bonds. The van der Waals surface area contributed by atoms with E-state index in [9.17, 15) is 4.79 Å². The van der Waals surface area contributed by atoms with Gasteiger partial charge in [-0.1, -0.05) is 39.0 Å². The van der Waals surface area contributed by atoms with Crippen molar-refractivity contribution in [2.24, 2.45) is 0 Å². The number of aromatic nitrogens is 3. The number of pyridine rings is 1. The number of rotatable bonds is 12. The van der Waals surface area contributed by atoms with Gasteiger partial charge < -0.3 is 20.1 Å². The Balaban J connectivity index is 1.69. The molecule has 0 fully saturated rings. The number of carbonyl (C=O) groups is 1. The van der Waals surface area contributed by atoms with Crippen LogP contribution in [-0.4, -0.2) is 41.1 Å². The van der Waals surface area contributed by atoms with Crippen LogP contribution in [0.4, 0.5) is 10.6 Å². The third-order valence-corrected chi connectivity index (χ3v) is 5.50. The van der Waals surface area contributed by atoms with E-state index in [0.717, 1.165) is 30.0 Å². The average molecular weight is 531 g/mol. The van der Waals surface area contributed by atoms with Crippen LogP contribution in [0.25, 0.3) is 5.69 Å². The lowest BCUT2D eigenvalue weighted by atomic mass is 9.92. The van der Waals surface area contributed by atoms with Crippen molar-refractivity contribution in [3.63, 3.8) is 0 Å². The molecule has 1 aromatic carbocycles. The lowest BCUT2D eigenvalue weighted by molar-refractivity contribution is 0.199. The van der Waals surface area contributed by atoms with Crippen LogP contribution in [0.2, 0.25) is 0 Å². The number of hydrogen-bond donors (Lipinski definition) is 3. The number of benzene rings is 1. The highest BCUT2D eigenvalue weighted by atomic mass is 16.5. The van der Waals surface area contributed by atoms with Crippen LogP contribution in [0.3, 0.4) is 0 Å². The topological polar surface area (TPSA) is 102 Å². The Kier molecular flexibility index (Phi) is 11.0. The molecule has 0 unspecified atom stereocenters. The maximum absolute atomic E-state index is 12.7. The first-order valence-corrected chi connectivity index (χ1v) is 12.8. The normalized spacial score (nSPS) is 12.3. The van der Waals surface area contributed by atoms with Crippen LogP contribution in [0, 0.1) is 0 Å². The summed E-state index contributed by atoms with van der Waals surface area (Å²) in [5.41, 5.74) is 2.68. The maximum atomic E-state index is 12.7. The average Bonchev–Trinajstić information content (AvgIpc) is 3.34. The van der Waals surface area contributed by atoms with E-state index in [-0.39, 0.29) is 11.4 Å². The summed E-state index contributed by atoms with van der Waals surface area (Å²) in [6.07, 6.45) is 12.0. The van der Waals surface area contributed by atoms with Crippen LogP contribution < -0.4 is 20.7 Å².